The molecule has 0 spiro atoms. The van der Waals surface area contributed by atoms with Crippen molar-refractivity contribution in [3.05, 3.63) is 0 Å². The van der Waals surface area contributed by atoms with E-state index < -0.39 is 5.92 Å². The molecule has 0 radical (unpaired) electrons. The van der Waals surface area contributed by atoms with E-state index in [-0.39, 0.29) is 5.91 Å². The van der Waals surface area contributed by atoms with Crippen LogP contribution in [0.1, 0.15) is 33.1 Å². The van der Waals surface area contributed by atoms with E-state index in [4.69, 9.17) is 5.26 Å². The zero-order valence-corrected chi connectivity index (χ0v) is 8.92. The molecule has 1 saturated carbocycles. The van der Waals surface area contributed by atoms with Crippen LogP contribution in [0.5, 0.6) is 0 Å². The Morgan fingerprint density at radius 2 is 2.36 bits per heavy atom. The van der Waals surface area contributed by atoms with Crippen LogP contribution in [0.25, 0.3) is 0 Å². The Morgan fingerprint density at radius 1 is 1.64 bits per heavy atom. The van der Waals surface area contributed by atoms with Crippen LogP contribution in [0.3, 0.4) is 0 Å². The first-order chi connectivity index (χ1) is 6.63. The predicted molar refractivity (Wildman–Crippen MR) is 54.3 cm³/mol. The van der Waals surface area contributed by atoms with Crippen LogP contribution in [0.4, 0.5) is 0 Å². The fourth-order valence-corrected chi connectivity index (χ4v) is 1.97. The van der Waals surface area contributed by atoms with E-state index >= 15 is 0 Å². The fraction of sp³-hybridized carbons (Fsp3) is 0.818. The summed E-state index contributed by atoms with van der Waals surface area (Å²) in [5.41, 5.74) is 0. The van der Waals surface area contributed by atoms with E-state index in [2.05, 4.69) is 12.2 Å². The minimum Gasteiger partial charge on any atom is -0.355 e. The lowest BCUT2D eigenvalue weighted by Crippen LogP contribution is -2.32. The molecule has 1 N–H and O–H groups in total. The van der Waals surface area contributed by atoms with Gasteiger partial charge in [0.2, 0.25) is 5.91 Å². The lowest BCUT2D eigenvalue weighted by molar-refractivity contribution is -0.123. The molecule has 1 fully saturated rings. The van der Waals surface area contributed by atoms with E-state index in [1.807, 2.05) is 6.07 Å². The van der Waals surface area contributed by atoms with Crippen LogP contribution in [-0.4, -0.2) is 12.5 Å². The van der Waals surface area contributed by atoms with Crippen LogP contribution in [0.15, 0.2) is 0 Å². The minimum absolute atomic E-state index is 0.132. The zero-order valence-electron chi connectivity index (χ0n) is 8.92. The highest BCUT2D eigenvalue weighted by Crippen LogP contribution is 2.29. The smallest absolute Gasteiger partial charge is 0.237 e. The Bertz CT molecular complexity index is 244. The topological polar surface area (TPSA) is 52.9 Å². The first-order valence-electron chi connectivity index (χ1n) is 5.30. The highest BCUT2D eigenvalue weighted by molar-refractivity contribution is 5.80. The molecule has 0 bridgehead atoms. The fourth-order valence-electron chi connectivity index (χ4n) is 1.97. The number of hydrogen-bond donors (Lipinski definition) is 1. The second-order valence-electron chi connectivity index (χ2n) is 4.38. The third-order valence-corrected chi connectivity index (χ3v) is 2.96. The van der Waals surface area contributed by atoms with Crippen molar-refractivity contribution in [1.82, 2.24) is 5.32 Å². The highest BCUT2D eigenvalue weighted by Gasteiger charge is 2.22. The molecule has 0 aromatic carbocycles. The first kappa shape index (κ1) is 11.0. The van der Waals surface area contributed by atoms with Crippen LogP contribution < -0.4 is 5.32 Å². The third kappa shape index (κ3) is 3.02. The van der Waals surface area contributed by atoms with Crippen molar-refractivity contribution >= 4 is 5.91 Å². The van der Waals surface area contributed by atoms with Gasteiger partial charge in [-0.3, -0.25) is 4.79 Å². The van der Waals surface area contributed by atoms with Crippen molar-refractivity contribution in [3.63, 3.8) is 0 Å². The van der Waals surface area contributed by atoms with E-state index in [1.54, 1.807) is 6.92 Å². The maximum Gasteiger partial charge on any atom is 0.237 e. The van der Waals surface area contributed by atoms with Gasteiger partial charge < -0.3 is 5.32 Å². The Morgan fingerprint density at radius 3 is 2.86 bits per heavy atom. The van der Waals surface area contributed by atoms with Crippen molar-refractivity contribution in [2.45, 2.75) is 33.1 Å². The van der Waals surface area contributed by atoms with Crippen molar-refractivity contribution in [3.8, 4) is 6.07 Å². The molecular formula is C11H18N2O. The summed E-state index contributed by atoms with van der Waals surface area (Å²) in [5.74, 6) is 0.769. The second kappa shape index (κ2) is 4.99. The van der Waals surface area contributed by atoms with E-state index in [9.17, 15) is 4.79 Å². The lowest BCUT2D eigenvalue weighted by atomic mass is 10.1. The summed E-state index contributed by atoms with van der Waals surface area (Å²) >= 11 is 0. The summed E-state index contributed by atoms with van der Waals surface area (Å²) in [5, 5.41) is 11.4. The van der Waals surface area contributed by atoms with Gasteiger partial charge in [0.15, 0.2) is 0 Å². The van der Waals surface area contributed by atoms with E-state index in [0.717, 1.165) is 12.5 Å². The molecule has 0 aromatic heterocycles. The van der Waals surface area contributed by atoms with E-state index in [0.29, 0.717) is 5.92 Å². The van der Waals surface area contributed by atoms with Gasteiger partial charge in [-0.15, -0.1) is 0 Å². The maximum atomic E-state index is 11.3. The van der Waals surface area contributed by atoms with Gasteiger partial charge in [-0.25, -0.2) is 0 Å². The maximum absolute atomic E-state index is 11.3. The Labute approximate surface area is 85.5 Å². The molecule has 3 nitrogen and oxygen atoms in total. The standard InChI is InChI=1S/C11H18N2O/c1-8-3-4-10(5-8)7-13-11(14)9(2)6-12/h8-10H,3-5,7H2,1-2H3,(H,13,14). The predicted octanol–water partition coefficient (Wildman–Crippen LogP) is 1.70. The average molecular weight is 194 g/mol. The van der Waals surface area contributed by atoms with Gasteiger partial charge in [0, 0.05) is 6.54 Å². The summed E-state index contributed by atoms with van der Waals surface area (Å²) < 4.78 is 0. The van der Waals surface area contributed by atoms with Gasteiger partial charge in [0.25, 0.3) is 0 Å². The normalized spacial score (nSPS) is 28.1. The van der Waals surface area contributed by atoms with Gasteiger partial charge in [-0.05, 0) is 31.6 Å². The van der Waals surface area contributed by atoms with Gasteiger partial charge >= 0.3 is 0 Å². The molecule has 0 saturated heterocycles. The van der Waals surface area contributed by atoms with Gasteiger partial charge in [0.05, 0.1) is 6.07 Å². The number of nitriles is 1. The van der Waals surface area contributed by atoms with Gasteiger partial charge in [0.1, 0.15) is 5.92 Å². The Hall–Kier alpha value is -1.04. The quantitative estimate of drug-likeness (QED) is 0.743. The highest BCUT2D eigenvalue weighted by atomic mass is 16.1. The number of amides is 1. The molecule has 78 valence electrons. The lowest BCUT2D eigenvalue weighted by Gasteiger charge is -2.11. The number of hydrogen-bond acceptors (Lipinski definition) is 2. The van der Waals surface area contributed by atoms with E-state index in [1.165, 1.54) is 19.3 Å². The SMILES string of the molecule is CC1CCC(CNC(=O)C(C)C#N)C1. The molecule has 14 heavy (non-hydrogen) atoms. The minimum atomic E-state index is -0.520. The Balaban J connectivity index is 2.21. The molecule has 0 aliphatic heterocycles. The molecule has 1 aliphatic carbocycles. The molecular weight excluding hydrogens is 176 g/mol. The number of nitrogens with one attached hydrogen (secondary N) is 1. The van der Waals surface area contributed by atoms with Crippen LogP contribution in [-0.2, 0) is 4.79 Å². The molecule has 1 amide bonds. The summed E-state index contributed by atoms with van der Waals surface area (Å²) in [6.07, 6.45) is 3.69. The third-order valence-electron chi connectivity index (χ3n) is 2.96. The number of nitrogens with zero attached hydrogens (tertiary/aromatic N) is 1. The number of carbonyl (C=O) groups is 1. The molecule has 3 unspecified atom stereocenters. The monoisotopic (exact) mass is 194 g/mol. The summed E-state index contributed by atoms with van der Waals surface area (Å²) in [6, 6.07) is 1.94. The Kier molecular flexibility index (Phi) is 3.94. The first-order valence-corrected chi connectivity index (χ1v) is 5.30. The zero-order chi connectivity index (χ0) is 10.6. The summed E-state index contributed by atoms with van der Waals surface area (Å²) in [6.45, 7) is 4.63. The van der Waals surface area contributed by atoms with Crippen LogP contribution in [0.2, 0.25) is 0 Å². The molecule has 0 heterocycles. The number of carbonyl (C=O) groups excluding carboxylic acids is 1. The van der Waals surface area contributed by atoms with Crippen molar-refractivity contribution in [2.24, 2.45) is 17.8 Å². The summed E-state index contributed by atoms with van der Waals surface area (Å²) in [4.78, 5) is 11.3. The van der Waals surface area contributed by atoms with Crippen LogP contribution in [0, 0.1) is 29.1 Å². The van der Waals surface area contributed by atoms with Crippen molar-refractivity contribution in [1.29, 1.82) is 5.26 Å². The molecule has 1 aliphatic rings. The largest absolute Gasteiger partial charge is 0.355 e. The van der Waals surface area contributed by atoms with Crippen molar-refractivity contribution in [2.75, 3.05) is 6.54 Å². The van der Waals surface area contributed by atoms with Crippen molar-refractivity contribution < 1.29 is 4.79 Å². The molecule has 0 aromatic rings. The summed E-state index contributed by atoms with van der Waals surface area (Å²) in [7, 11) is 0. The van der Waals surface area contributed by atoms with Gasteiger partial charge in [-0.2, -0.15) is 5.26 Å². The van der Waals surface area contributed by atoms with Gasteiger partial charge in [-0.1, -0.05) is 13.3 Å². The molecule has 1 rings (SSSR count). The molecule has 3 atom stereocenters. The van der Waals surface area contributed by atoms with Crippen LogP contribution >= 0.6 is 0 Å². The molecule has 3 heteroatoms. The second-order valence-corrected chi connectivity index (χ2v) is 4.38. The number of rotatable bonds is 3. The average Bonchev–Trinajstić information content (AvgIpc) is 2.59.